The predicted molar refractivity (Wildman–Crippen MR) is 65.0 cm³/mol. The molecule has 0 bridgehead atoms. The average Bonchev–Trinajstić information content (AvgIpc) is 2.11. The standard InChI is InChI=1S/C12H20N2O/c1-12(2,3)7-8-10(15-4)6-5-9(13)11(8)14/h5-6H,7,13-14H2,1-4H3. The minimum Gasteiger partial charge on any atom is -0.496 e. The molecule has 0 atom stereocenters. The highest BCUT2D eigenvalue weighted by molar-refractivity contribution is 5.71. The van der Waals surface area contributed by atoms with Gasteiger partial charge in [0.2, 0.25) is 0 Å². The monoisotopic (exact) mass is 208 g/mol. The number of hydrogen-bond acceptors (Lipinski definition) is 3. The van der Waals surface area contributed by atoms with Crippen LogP contribution in [-0.2, 0) is 6.42 Å². The summed E-state index contributed by atoms with van der Waals surface area (Å²) in [7, 11) is 1.65. The van der Waals surface area contributed by atoms with Crippen molar-refractivity contribution < 1.29 is 4.74 Å². The third-order valence-corrected chi connectivity index (χ3v) is 2.27. The number of anilines is 2. The van der Waals surface area contributed by atoms with E-state index < -0.39 is 0 Å². The number of rotatable bonds is 2. The van der Waals surface area contributed by atoms with Gasteiger partial charge in [-0.2, -0.15) is 0 Å². The molecule has 0 amide bonds. The van der Waals surface area contributed by atoms with Crippen molar-refractivity contribution in [1.82, 2.24) is 0 Å². The molecule has 84 valence electrons. The minimum atomic E-state index is 0.162. The van der Waals surface area contributed by atoms with E-state index in [1.807, 2.05) is 6.07 Å². The van der Waals surface area contributed by atoms with Crippen LogP contribution in [0.2, 0.25) is 0 Å². The van der Waals surface area contributed by atoms with Gasteiger partial charge in [0.15, 0.2) is 0 Å². The summed E-state index contributed by atoms with van der Waals surface area (Å²) in [6.07, 6.45) is 0.854. The van der Waals surface area contributed by atoms with Crippen LogP contribution in [0.15, 0.2) is 12.1 Å². The second-order valence-corrected chi connectivity index (χ2v) is 4.99. The Morgan fingerprint density at radius 1 is 1.20 bits per heavy atom. The fourth-order valence-electron chi connectivity index (χ4n) is 1.57. The highest BCUT2D eigenvalue weighted by atomic mass is 16.5. The van der Waals surface area contributed by atoms with E-state index >= 15 is 0 Å². The molecule has 3 heteroatoms. The highest BCUT2D eigenvalue weighted by Crippen LogP contribution is 2.34. The summed E-state index contributed by atoms with van der Waals surface area (Å²) in [5, 5.41) is 0. The van der Waals surface area contributed by atoms with E-state index in [4.69, 9.17) is 16.2 Å². The van der Waals surface area contributed by atoms with E-state index in [2.05, 4.69) is 20.8 Å². The predicted octanol–water partition coefficient (Wildman–Crippen LogP) is 2.45. The Labute approximate surface area is 91.4 Å². The molecule has 1 aromatic rings. The molecule has 1 rings (SSSR count). The van der Waals surface area contributed by atoms with Crippen LogP contribution in [0.3, 0.4) is 0 Å². The lowest BCUT2D eigenvalue weighted by molar-refractivity contribution is 0.380. The second-order valence-electron chi connectivity index (χ2n) is 4.99. The summed E-state index contributed by atoms with van der Waals surface area (Å²) >= 11 is 0. The van der Waals surface area contributed by atoms with Gasteiger partial charge in [-0.1, -0.05) is 20.8 Å². The number of ether oxygens (including phenoxy) is 1. The summed E-state index contributed by atoms with van der Waals surface area (Å²) in [5.74, 6) is 0.816. The van der Waals surface area contributed by atoms with Crippen LogP contribution in [-0.4, -0.2) is 7.11 Å². The highest BCUT2D eigenvalue weighted by Gasteiger charge is 2.18. The first-order chi connectivity index (χ1) is 6.85. The van der Waals surface area contributed by atoms with Crippen LogP contribution in [0.1, 0.15) is 26.3 Å². The van der Waals surface area contributed by atoms with Crippen LogP contribution in [0.5, 0.6) is 5.75 Å². The van der Waals surface area contributed by atoms with Crippen LogP contribution in [0.25, 0.3) is 0 Å². The summed E-state index contributed by atoms with van der Waals surface area (Å²) in [6, 6.07) is 3.65. The van der Waals surface area contributed by atoms with Crippen molar-refractivity contribution in [3.8, 4) is 5.75 Å². The number of methoxy groups -OCH3 is 1. The molecule has 1 aromatic carbocycles. The smallest absolute Gasteiger partial charge is 0.124 e. The topological polar surface area (TPSA) is 61.3 Å². The fraction of sp³-hybridized carbons (Fsp3) is 0.500. The molecular weight excluding hydrogens is 188 g/mol. The number of hydrogen-bond donors (Lipinski definition) is 2. The molecule has 0 unspecified atom stereocenters. The van der Waals surface area contributed by atoms with E-state index in [0.29, 0.717) is 11.4 Å². The molecule has 0 spiro atoms. The van der Waals surface area contributed by atoms with E-state index in [0.717, 1.165) is 17.7 Å². The van der Waals surface area contributed by atoms with Crippen LogP contribution in [0.4, 0.5) is 11.4 Å². The van der Waals surface area contributed by atoms with Crippen molar-refractivity contribution in [2.75, 3.05) is 18.6 Å². The lowest BCUT2D eigenvalue weighted by atomic mass is 9.87. The Morgan fingerprint density at radius 2 is 1.80 bits per heavy atom. The van der Waals surface area contributed by atoms with Gasteiger partial charge in [-0.3, -0.25) is 0 Å². The first-order valence-electron chi connectivity index (χ1n) is 5.06. The molecule has 0 aromatic heterocycles. The SMILES string of the molecule is COc1ccc(N)c(N)c1CC(C)(C)C. The van der Waals surface area contributed by atoms with Crippen molar-refractivity contribution in [3.05, 3.63) is 17.7 Å². The molecule has 3 nitrogen and oxygen atoms in total. The average molecular weight is 208 g/mol. The Kier molecular flexibility index (Phi) is 3.12. The quantitative estimate of drug-likeness (QED) is 0.734. The molecule has 0 aliphatic carbocycles. The van der Waals surface area contributed by atoms with Crippen molar-refractivity contribution >= 4 is 11.4 Å². The lowest BCUT2D eigenvalue weighted by Crippen LogP contribution is -2.13. The molecule has 4 N–H and O–H groups in total. The maximum absolute atomic E-state index is 5.96. The van der Waals surface area contributed by atoms with Crippen LogP contribution in [0, 0.1) is 5.41 Å². The molecule has 0 fully saturated rings. The molecule has 0 aliphatic heterocycles. The van der Waals surface area contributed by atoms with Gasteiger partial charge < -0.3 is 16.2 Å². The van der Waals surface area contributed by atoms with Crippen molar-refractivity contribution in [2.45, 2.75) is 27.2 Å². The number of benzene rings is 1. The maximum atomic E-state index is 5.96. The van der Waals surface area contributed by atoms with Gasteiger partial charge in [-0.15, -0.1) is 0 Å². The first-order valence-corrected chi connectivity index (χ1v) is 5.06. The Balaban J connectivity index is 3.18. The van der Waals surface area contributed by atoms with Crippen LogP contribution >= 0.6 is 0 Å². The molecule has 0 saturated carbocycles. The third-order valence-electron chi connectivity index (χ3n) is 2.27. The molecule has 0 heterocycles. The largest absolute Gasteiger partial charge is 0.496 e. The molecular formula is C12H20N2O. The lowest BCUT2D eigenvalue weighted by Gasteiger charge is -2.22. The summed E-state index contributed by atoms with van der Waals surface area (Å²) in [5.41, 5.74) is 14.2. The molecule has 15 heavy (non-hydrogen) atoms. The number of nitrogen functional groups attached to an aromatic ring is 2. The molecule has 0 saturated heterocycles. The fourth-order valence-corrected chi connectivity index (χ4v) is 1.57. The van der Waals surface area contributed by atoms with E-state index in [9.17, 15) is 0 Å². The zero-order valence-corrected chi connectivity index (χ0v) is 9.92. The first kappa shape index (κ1) is 11.7. The normalized spacial score (nSPS) is 11.5. The van der Waals surface area contributed by atoms with E-state index in [1.165, 1.54) is 0 Å². The van der Waals surface area contributed by atoms with Gasteiger partial charge in [0.05, 0.1) is 18.5 Å². The van der Waals surface area contributed by atoms with Crippen molar-refractivity contribution in [3.63, 3.8) is 0 Å². The van der Waals surface area contributed by atoms with Gasteiger partial charge in [0, 0.05) is 5.56 Å². The Hall–Kier alpha value is -1.38. The molecule has 0 aliphatic rings. The van der Waals surface area contributed by atoms with Gasteiger partial charge >= 0.3 is 0 Å². The zero-order valence-electron chi connectivity index (χ0n) is 9.92. The Bertz CT molecular complexity index is 353. The zero-order chi connectivity index (χ0) is 11.6. The van der Waals surface area contributed by atoms with Crippen molar-refractivity contribution in [2.24, 2.45) is 5.41 Å². The number of nitrogens with two attached hydrogens (primary N) is 2. The van der Waals surface area contributed by atoms with Gasteiger partial charge in [0.25, 0.3) is 0 Å². The van der Waals surface area contributed by atoms with Crippen molar-refractivity contribution in [1.29, 1.82) is 0 Å². The van der Waals surface area contributed by atoms with E-state index in [-0.39, 0.29) is 5.41 Å². The summed E-state index contributed by atoms with van der Waals surface area (Å²) in [6.45, 7) is 6.49. The Morgan fingerprint density at radius 3 is 2.27 bits per heavy atom. The third kappa shape index (κ3) is 2.78. The van der Waals surface area contributed by atoms with Gasteiger partial charge in [-0.25, -0.2) is 0 Å². The second kappa shape index (κ2) is 4.01. The van der Waals surface area contributed by atoms with Crippen LogP contribution < -0.4 is 16.2 Å². The molecule has 0 radical (unpaired) electrons. The van der Waals surface area contributed by atoms with E-state index in [1.54, 1.807) is 13.2 Å². The summed E-state index contributed by atoms with van der Waals surface area (Å²) < 4.78 is 5.29. The minimum absolute atomic E-state index is 0.162. The van der Waals surface area contributed by atoms with Gasteiger partial charge in [0.1, 0.15) is 5.75 Å². The summed E-state index contributed by atoms with van der Waals surface area (Å²) in [4.78, 5) is 0. The van der Waals surface area contributed by atoms with Gasteiger partial charge in [-0.05, 0) is 24.0 Å². The maximum Gasteiger partial charge on any atom is 0.124 e.